The molecule has 4 heterocycles. The second kappa shape index (κ2) is 11.4. The Hall–Kier alpha value is -3.91. The molecule has 9 nitrogen and oxygen atoms in total. The molecule has 1 amide bonds. The summed E-state index contributed by atoms with van der Waals surface area (Å²) in [5.74, 6) is 8.07. The first-order valence-electron chi connectivity index (χ1n) is 11.7. The van der Waals surface area contributed by atoms with Crippen LogP contribution in [0.5, 0.6) is 11.6 Å². The van der Waals surface area contributed by atoms with E-state index in [9.17, 15) is 4.79 Å². The van der Waals surface area contributed by atoms with E-state index in [0.717, 1.165) is 20.8 Å². The molecular weight excluding hydrogens is 512 g/mol. The average molecular weight is 535 g/mol. The highest BCUT2D eigenvalue weighted by atomic mass is 35.5. The molecule has 0 aliphatic carbocycles. The average Bonchev–Trinajstić information content (AvgIpc) is 3.52. The lowest BCUT2D eigenvalue weighted by Crippen LogP contribution is -2.29. The summed E-state index contributed by atoms with van der Waals surface area (Å²) in [6.45, 7) is 2.97. The van der Waals surface area contributed by atoms with Crippen molar-refractivity contribution < 1.29 is 14.3 Å². The van der Waals surface area contributed by atoms with Crippen molar-refractivity contribution in [2.24, 2.45) is 0 Å². The zero-order chi connectivity index (χ0) is 25.6. The topological polar surface area (TPSA) is 110 Å². The number of pyridine rings is 1. The van der Waals surface area contributed by atoms with E-state index in [1.807, 2.05) is 31.2 Å². The number of nitrogens with zero attached hydrogens (tertiary/aromatic N) is 3. The van der Waals surface area contributed by atoms with Crippen molar-refractivity contribution in [3.8, 4) is 23.5 Å². The first-order valence-corrected chi connectivity index (χ1v) is 12.9. The van der Waals surface area contributed by atoms with Gasteiger partial charge in [0.1, 0.15) is 28.8 Å². The van der Waals surface area contributed by atoms with Crippen LogP contribution in [-0.4, -0.2) is 46.3 Å². The number of nitrogens with one attached hydrogen (secondary N) is 3. The molecule has 1 fully saturated rings. The van der Waals surface area contributed by atoms with Crippen LogP contribution in [-0.2, 0) is 4.74 Å². The molecule has 1 saturated heterocycles. The number of amides is 1. The van der Waals surface area contributed by atoms with Gasteiger partial charge in [-0.15, -0.1) is 11.3 Å². The van der Waals surface area contributed by atoms with E-state index in [1.54, 1.807) is 24.4 Å². The van der Waals surface area contributed by atoms with E-state index < -0.39 is 6.09 Å². The molecule has 37 heavy (non-hydrogen) atoms. The summed E-state index contributed by atoms with van der Waals surface area (Å²) < 4.78 is 11.1. The molecule has 3 N–H and O–H groups in total. The number of anilines is 2. The fourth-order valence-electron chi connectivity index (χ4n) is 3.73. The molecular formula is C26H23ClN6O3S. The fraction of sp³-hybridized carbons (Fsp3) is 0.231. The fourth-order valence-corrected chi connectivity index (χ4v) is 4.81. The van der Waals surface area contributed by atoms with Crippen LogP contribution in [0.1, 0.15) is 18.2 Å². The number of alkyl carbamates (subject to hydrolysis) is 1. The lowest BCUT2D eigenvalue weighted by Gasteiger charge is -2.10. The zero-order valence-electron chi connectivity index (χ0n) is 19.8. The van der Waals surface area contributed by atoms with Gasteiger partial charge in [0.2, 0.25) is 5.88 Å². The minimum atomic E-state index is -0.400. The molecule has 0 radical (unpaired) electrons. The lowest BCUT2D eigenvalue weighted by atomic mass is 10.2. The largest absolute Gasteiger partial charge is 0.445 e. The third-order valence-corrected chi connectivity index (χ3v) is 6.69. The van der Waals surface area contributed by atoms with Gasteiger partial charge in [0.05, 0.1) is 21.3 Å². The van der Waals surface area contributed by atoms with Crippen LogP contribution in [0.4, 0.5) is 16.3 Å². The Balaban J connectivity index is 1.27. The first-order chi connectivity index (χ1) is 18.1. The van der Waals surface area contributed by atoms with Crippen LogP contribution in [0.15, 0.2) is 55.0 Å². The summed E-state index contributed by atoms with van der Waals surface area (Å²) in [4.78, 5) is 26.3. The first kappa shape index (κ1) is 24.8. The molecule has 0 saturated carbocycles. The van der Waals surface area contributed by atoms with Crippen molar-refractivity contribution in [2.75, 3.05) is 18.4 Å². The van der Waals surface area contributed by atoms with Gasteiger partial charge < -0.3 is 20.1 Å². The van der Waals surface area contributed by atoms with E-state index in [0.29, 0.717) is 42.0 Å². The Bertz CT molecular complexity index is 1470. The second-order valence-corrected chi connectivity index (χ2v) is 9.55. The Morgan fingerprint density at radius 3 is 2.97 bits per heavy atom. The van der Waals surface area contributed by atoms with Gasteiger partial charge in [-0.25, -0.2) is 19.7 Å². The van der Waals surface area contributed by atoms with Crippen LogP contribution < -0.4 is 20.7 Å². The summed E-state index contributed by atoms with van der Waals surface area (Å²) in [6.07, 6.45) is 3.22. The number of carbonyl (C=O) groups is 1. The summed E-state index contributed by atoms with van der Waals surface area (Å²) in [5.41, 5.74) is 0.755. The number of fused-ring (bicyclic) bond motifs is 1. The van der Waals surface area contributed by atoms with Crippen LogP contribution in [0.25, 0.3) is 10.2 Å². The predicted octanol–water partition coefficient (Wildman–Crippen LogP) is 5.10. The van der Waals surface area contributed by atoms with Crippen molar-refractivity contribution in [1.29, 1.82) is 0 Å². The highest BCUT2D eigenvalue weighted by Gasteiger charge is 2.25. The van der Waals surface area contributed by atoms with Crippen LogP contribution in [0, 0.1) is 11.8 Å². The Kier molecular flexibility index (Phi) is 7.65. The zero-order valence-corrected chi connectivity index (χ0v) is 21.4. The molecule has 188 valence electrons. The standard InChI is InChI=1S/C26H23ClN6O3S/c1-2-28-26(34)35-18-11-16(30-14-18)6-8-19-13-20-24(31-15-32-25(20)37-19)33-17-7-9-22(21(27)12-17)36-23-5-3-4-10-29-23/h3-5,7,9-10,12-13,15-16,18,30H,2,11,14H2,1H3,(H,28,34)(H,31,32,33). The molecule has 0 bridgehead atoms. The summed E-state index contributed by atoms with van der Waals surface area (Å²) in [6, 6.07) is 12.7. The van der Waals surface area contributed by atoms with Crippen LogP contribution >= 0.6 is 22.9 Å². The summed E-state index contributed by atoms with van der Waals surface area (Å²) >= 11 is 7.94. The maximum absolute atomic E-state index is 11.6. The van der Waals surface area contributed by atoms with E-state index in [4.69, 9.17) is 21.1 Å². The summed E-state index contributed by atoms with van der Waals surface area (Å²) in [5, 5.41) is 10.5. The molecule has 1 aliphatic rings. The number of ether oxygens (including phenoxy) is 2. The van der Waals surface area contributed by atoms with Gasteiger partial charge >= 0.3 is 6.09 Å². The van der Waals surface area contributed by atoms with E-state index in [2.05, 4.69) is 42.7 Å². The second-order valence-electron chi connectivity index (χ2n) is 8.12. The number of carbonyl (C=O) groups excluding carboxylic acids is 1. The quantitative estimate of drug-likeness (QED) is 0.293. The van der Waals surface area contributed by atoms with E-state index in [-0.39, 0.29) is 12.1 Å². The monoisotopic (exact) mass is 534 g/mol. The van der Waals surface area contributed by atoms with E-state index >= 15 is 0 Å². The highest BCUT2D eigenvalue weighted by Crippen LogP contribution is 2.34. The number of benzene rings is 1. The minimum Gasteiger partial charge on any atom is -0.445 e. The molecule has 11 heteroatoms. The Morgan fingerprint density at radius 2 is 2.16 bits per heavy atom. The molecule has 5 rings (SSSR count). The van der Waals surface area contributed by atoms with Crippen molar-refractivity contribution in [1.82, 2.24) is 25.6 Å². The molecule has 1 aliphatic heterocycles. The van der Waals surface area contributed by atoms with Crippen molar-refractivity contribution >= 4 is 50.8 Å². The number of aromatic nitrogens is 3. The number of hydrogen-bond acceptors (Lipinski definition) is 9. The predicted molar refractivity (Wildman–Crippen MR) is 144 cm³/mol. The normalized spacial score (nSPS) is 16.6. The van der Waals surface area contributed by atoms with Crippen molar-refractivity contribution in [3.05, 3.63) is 64.9 Å². The SMILES string of the molecule is CCNC(=O)OC1CNC(C#Cc2cc3c(Nc4ccc(Oc5ccccn5)c(Cl)c4)ncnc3s2)C1. The third-order valence-electron chi connectivity index (χ3n) is 5.43. The van der Waals surface area contributed by atoms with Crippen LogP contribution in [0.3, 0.4) is 0 Å². The number of hydrogen-bond donors (Lipinski definition) is 3. The summed E-state index contributed by atoms with van der Waals surface area (Å²) in [7, 11) is 0. The smallest absolute Gasteiger partial charge is 0.407 e. The molecule has 1 aromatic carbocycles. The van der Waals surface area contributed by atoms with Crippen molar-refractivity contribution in [2.45, 2.75) is 25.5 Å². The van der Waals surface area contributed by atoms with Gasteiger partial charge in [-0.05, 0) is 37.3 Å². The minimum absolute atomic E-state index is 0.0534. The Morgan fingerprint density at radius 1 is 1.24 bits per heavy atom. The molecule has 3 aromatic heterocycles. The number of thiophene rings is 1. The van der Waals surface area contributed by atoms with Gasteiger partial charge in [0.15, 0.2) is 0 Å². The maximum atomic E-state index is 11.6. The van der Waals surface area contributed by atoms with E-state index in [1.165, 1.54) is 17.7 Å². The van der Waals surface area contributed by atoms with Gasteiger partial charge in [-0.2, -0.15) is 0 Å². The van der Waals surface area contributed by atoms with Crippen molar-refractivity contribution in [3.63, 3.8) is 0 Å². The third kappa shape index (κ3) is 6.27. The van der Waals surface area contributed by atoms with Crippen LogP contribution in [0.2, 0.25) is 5.02 Å². The van der Waals surface area contributed by atoms with Gasteiger partial charge in [-0.3, -0.25) is 5.32 Å². The maximum Gasteiger partial charge on any atom is 0.407 e. The lowest BCUT2D eigenvalue weighted by molar-refractivity contribution is 0.107. The highest BCUT2D eigenvalue weighted by molar-refractivity contribution is 7.19. The number of halogens is 1. The molecule has 2 atom stereocenters. The van der Waals surface area contributed by atoms with Gasteiger partial charge in [0.25, 0.3) is 0 Å². The van der Waals surface area contributed by atoms with Gasteiger partial charge in [-0.1, -0.05) is 29.5 Å². The molecule has 4 aromatic rings. The molecule has 0 spiro atoms. The Labute approximate surface area is 222 Å². The van der Waals surface area contributed by atoms with Gasteiger partial charge in [0, 0.05) is 37.5 Å². The molecule has 2 unspecified atom stereocenters. The number of rotatable bonds is 6.